The maximum Gasteiger partial charge on any atom is 0.162 e. The second-order valence-corrected chi connectivity index (χ2v) is 8.45. The molecule has 1 unspecified atom stereocenters. The second kappa shape index (κ2) is 11.6. The third kappa shape index (κ3) is 6.23. The average Bonchev–Trinajstić information content (AvgIpc) is 2.92. The Kier molecular flexibility index (Phi) is 8.07. The number of piperazine rings is 1. The van der Waals surface area contributed by atoms with Gasteiger partial charge in [0.2, 0.25) is 0 Å². The number of benzene rings is 3. The fourth-order valence-electron chi connectivity index (χ4n) is 4.28. The van der Waals surface area contributed by atoms with Gasteiger partial charge >= 0.3 is 0 Å². The minimum Gasteiger partial charge on any atom is -0.497 e. The maximum absolute atomic E-state index is 13.2. The van der Waals surface area contributed by atoms with E-state index in [-0.39, 0.29) is 11.9 Å². The normalized spacial score (nSPS) is 14.7. The summed E-state index contributed by atoms with van der Waals surface area (Å²) in [4.78, 5) is 4.71. The van der Waals surface area contributed by atoms with Crippen LogP contribution in [0.4, 0.5) is 10.1 Å². The van der Waals surface area contributed by atoms with E-state index in [2.05, 4.69) is 15.9 Å². The molecule has 6 nitrogen and oxygen atoms in total. The molecule has 0 aromatic heterocycles. The minimum absolute atomic E-state index is 0.196. The molecular weight excluding hydrogens is 445 g/mol. The Morgan fingerprint density at radius 3 is 2.23 bits per heavy atom. The molecule has 1 aliphatic rings. The zero-order valence-corrected chi connectivity index (χ0v) is 20.1. The number of anilines is 1. The summed E-state index contributed by atoms with van der Waals surface area (Å²) in [6, 6.07) is 21.9. The van der Waals surface area contributed by atoms with Gasteiger partial charge in [0.15, 0.2) is 11.5 Å². The van der Waals surface area contributed by atoms with Crippen molar-refractivity contribution < 1.29 is 18.6 Å². The van der Waals surface area contributed by atoms with Gasteiger partial charge in [0, 0.05) is 50.9 Å². The van der Waals surface area contributed by atoms with E-state index in [9.17, 15) is 9.65 Å². The maximum atomic E-state index is 13.2. The SMILES string of the molecule is COc1ccc(C(CCN2CCN(c3ccc(F)cc3)CC2)Oc2ccc(C#N)cc2OC)cc1. The van der Waals surface area contributed by atoms with Crippen LogP contribution in [-0.4, -0.2) is 51.8 Å². The molecule has 0 saturated carbocycles. The fourth-order valence-corrected chi connectivity index (χ4v) is 4.28. The van der Waals surface area contributed by atoms with Gasteiger partial charge in [-0.2, -0.15) is 5.26 Å². The Morgan fingerprint density at radius 1 is 0.886 bits per heavy atom. The van der Waals surface area contributed by atoms with Crippen molar-refractivity contribution in [2.24, 2.45) is 0 Å². The number of nitriles is 1. The molecular formula is C28H30FN3O3. The summed E-state index contributed by atoms with van der Waals surface area (Å²) in [6.07, 6.45) is 0.587. The van der Waals surface area contributed by atoms with Crippen LogP contribution >= 0.6 is 0 Å². The predicted octanol–water partition coefficient (Wildman–Crippen LogP) is 5.05. The summed E-state index contributed by atoms with van der Waals surface area (Å²) < 4.78 is 30.5. The summed E-state index contributed by atoms with van der Waals surface area (Å²) in [5.41, 5.74) is 2.62. The molecule has 0 bridgehead atoms. The van der Waals surface area contributed by atoms with E-state index in [0.717, 1.165) is 56.1 Å². The van der Waals surface area contributed by atoms with Gasteiger partial charge in [-0.05, 0) is 54.1 Å². The van der Waals surface area contributed by atoms with Crippen LogP contribution < -0.4 is 19.1 Å². The summed E-state index contributed by atoms with van der Waals surface area (Å²) in [6.45, 7) is 4.50. The van der Waals surface area contributed by atoms with Crippen molar-refractivity contribution in [3.8, 4) is 23.3 Å². The lowest BCUT2D eigenvalue weighted by Gasteiger charge is -2.36. The molecule has 1 saturated heterocycles. The first kappa shape index (κ1) is 24.4. The van der Waals surface area contributed by atoms with Gasteiger partial charge in [0.25, 0.3) is 0 Å². The van der Waals surface area contributed by atoms with E-state index in [1.165, 1.54) is 12.1 Å². The predicted molar refractivity (Wildman–Crippen MR) is 134 cm³/mol. The third-order valence-electron chi connectivity index (χ3n) is 6.32. The third-order valence-corrected chi connectivity index (χ3v) is 6.32. The molecule has 3 aromatic carbocycles. The van der Waals surface area contributed by atoms with Gasteiger partial charge in [-0.3, -0.25) is 4.90 Å². The molecule has 35 heavy (non-hydrogen) atoms. The van der Waals surface area contributed by atoms with Crippen LogP contribution in [0.15, 0.2) is 66.7 Å². The molecule has 0 amide bonds. The molecule has 0 N–H and O–H groups in total. The summed E-state index contributed by atoms with van der Waals surface area (Å²) in [7, 11) is 3.22. The molecule has 0 aliphatic carbocycles. The lowest BCUT2D eigenvalue weighted by Crippen LogP contribution is -2.46. The Morgan fingerprint density at radius 2 is 1.60 bits per heavy atom. The first-order valence-corrected chi connectivity index (χ1v) is 11.7. The van der Waals surface area contributed by atoms with Gasteiger partial charge < -0.3 is 19.1 Å². The Balaban J connectivity index is 1.43. The van der Waals surface area contributed by atoms with Crippen molar-refractivity contribution in [3.63, 3.8) is 0 Å². The van der Waals surface area contributed by atoms with Crippen LogP contribution in [0.25, 0.3) is 0 Å². The Labute approximate surface area is 206 Å². The number of rotatable bonds is 9. The smallest absolute Gasteiger partial charge is 0.162 e. The molecule has 182 valence electrons. The molecule has 1 heterocycles. The monoisotopic (exact) mass is 475 g/mol. The van der Waals surface area contributed by atoms with E-state index < -0.39 is 0 Å². The molecule has 3 aromatic rings. The molecule has 0 spiro atoms. The van der Waals surface area contributed by atoms with Crippen molar-refractivity contribution in [2.45, 2.75) is 12.5 Å². The standard InChI is InChI=1S/C28H30FN3O3/c1-33-25-10-4-22(5-11-25)26(35-27-12-3-21(20-30)19-28(27)34-2)13-14-31-15-17-32(18-16-31)24-8-6-23(29)7-9-24/h3-12,19,26H,13-18H2,1-2H3. The van der Waals surface area contributed by atoms with E-state index in [0.29, 0.717) is 17.1 Å². The van der Waals surface area contributed by atoms with Crippen LogP contribution in [0.1, 0.15) is 23.7 Å². The lowest BCUT2D eigenvalue weighted by molar-refractivity contribution is 0.155. The topological polar surface area (TPSA) is 58.0 Å². The number of nitrogens with zero attached hydrogens (tertiary/aromatic N) is 3. The van der Waals surface area contributed by atoms with Crippen molar-refractivity contribution in [1.29, 1.82) is 5.26 Å². The molecule has 0 radical (unpaired) electrons. The van der Waals surface area contributed by atoms with E-state index in [4.69, 9.17) is 14.2 Å². The Bertz CT molecular complexity index is 1140. The Hall–Kier alpha value is -3.76. The van der Waals surface area contributed by atoms with Crippen LogP contribution in [-0.2, 0) is 0 Å². The summed E-state index contributed by atoms with van der Waals surface area (Å²) in [5.74, 6) is 1.72. The first-order valence-electron chi connectivity index (χ1n) is 11.7. The summed E-state index contributed by atoms with van der Waals surface area (Å²) >= 11 is 0. The quantitative estimate of drug-likeness (QED) is 0.432. The minimum atomic E-state index is -0.212. The van der Waals surface area contributed by atoms with Gasteiger partial charge in [0.1, 0.15) is 17.7 Å². The molecule has 1 atom stereocenters. The number of halogens is 1. The van der Waals surface area contributed by atoms with E-state index >= 15 is 0 Å². The highest BCUT2D eigenvalue weighted by atomic mass is 19.1. The van der Waals surface area contributed by atoms with Crippen LogP contribution in [0.5, 0.6) is 17.2 Å². The van der Waals surface area contributed by atoms with Crippen LogP contribution in [0, 0.1) is 17.1 Å². The van der Waals surface area contributed by atoms with Crippen LogP contribution in [0.2, 0.25) is 0 Å². The zero-order chi connectivity index (χ0) is 24.6. The van der Waals surface area contributed by atoms with Gasteiger partial charge in [-0.15, -0.1) is 0 Å². The number of hydrogen-bond donors (Lipinski definition) is 0. The lowest BCUT2D eigenvalue weighted by atomic mass is 10.1. The highest BCUT2D eigenvalue weighted by Crippen LogP contribution is 2.34. The highest BCUT2D eigenvalue weighted by Gasteiger charge is 2.21. The van der Waals surface area contributed by atoms with Gasteiger partial charge in [0.05, 0.1) is 25.9 Å². The molecule has 1 aliphatic heterocycles. The summed E-state index contributed by atoms with van der Waals surface area (Å²) in [5, 5.41) is 9.21. The molecule has 4 rings (SSSR count). The number of methoxy groups -OCH3 is 2. The first-order chi connectivity index (χ1) is 17.1. The van der Waals surface area contributed by atoms with E-state index in [1.54, 1.807) is 32.4 Å². The van der Waals surface area contributed by atoms with Crippen LogP contribution in [0.3, 0.4) is 0 Å². The van der Waals surface area contributed by atoms with Crippen molar-refractivity contribution in [1.82, 2.24) is 4.90 Å². The number of ether oxygens (including phenoxy) is 3. The van der Waals surface area contributed by atoms with Gasteiger partial charge in [-0.25, -0.2) is 4.39 Å². The van der Waals surface area contributed by atoms with Crippen molar-refractivity contribution >= 4 is 5.69 Å². The largest absolute Gasteiger partial charge is 0.497 e. The van der Waals surface area contributed by atoms with Crippen molar-refractivity contribution in [2.75, 3.05) is 51.8 Å². The zero-order valence-electron chi connectivity index (χ0n) is 20.1. The number of hydrogen-bond acceptors (Lipinski definition) is 6. The molecule has 7 heteroatoms. The van der Waals surface area contributed by atoms with E-state index in [1.807, 2.05) is 36.4 Å². The molecule has 1 fully saturated rings. The average molecular weight is 476 g/mol. The second-order valence-electron chi connectivity index (χ2n) is 8.45. The van der Waals surface area contributed by atoms with Crippen molar-refractivity contribution in [3.05, 3.63) is 83.7 Å². The van der Waals surface area contributed by atoms with Gasteiger partial charge in [-0.1, -0.05) is 12.1 Å². The fraction of sp³-hybridized carbons (Fsp3) is 0.321. The highest BCUT2D eigenvalue weighted by molar-refractivity contribution is 5.48.